The number of hydrogen-bond acceptors (Lipinski definition) is 4. The Morgan fingerprint density at radius 3 is 2.67 bits per heavy atom. The summed E-state index contributed by atoms with van der Waals surface area (Å²) in [7, 11) is 1.61. The van der Waals surface area contributed by atoms with Gasteiger partial charge in [-0.05, 0) is 35.2 Å². The molecule has 0 radical (unpaired) electrons. The molecule has 0 unspecified atom stereocenters. The highest BCUT2D eigenvalue weighted by Gasteiger charge is 2.11. The lowest BCUT2D eigenvalue weighted by atomic mass is 10.0. The molecule has 0 aliphatic carbocycles. The molecule has 0 amide bonds. The molecule has 1 N–H and O–H groups in total. The summed E-state index contributed by atoms with van der Waals surface area (Å²) in [4.78, 5) is 20.3. The second-order valence-corrected chi connectivity index (χ2v) is 6.72. The fraction of sp³-hybridized carbons (Fsp3) is 0.190. The van der Waals surface area contributed by atoms with Gasteiger partial charge in [-0.15, -0.1) is 0 Å². The second-order valence-electron chi connectivity index (χ2n) is 6.72. The number of benzene rings is 2. The van der Waals surface area contributed by atoms with Crippen LogP contribution in [-0.4, -0.2) is 28.0 Å². The SMILES string of the molecule is COc1ccc2[nH]c3c(=O)n(/N=C\c4ccc(C(C)C)cc4)cnc3c2c1. The fourth-order valence-electron chi connectivity index (χ4n) is 3.03. The molecule has 0 aliphatic rings. The van der Waals surface area contributed by atoms with E-state index in [9.17, 15) is 4.79 Å². The topological polar surface area (TPSA) is 72.3 Å². The summed E-state index contributed by atoms with van der Waals surface area (Å²) in [5.41, 5.74) is 3.81. The molecule has 6 heteroatoms. The number of nitrogens with one attached hydrogen (secondary N) is 1. The van der Waals surface area contributed by atoms with Gasteiger partial charge < -0.3 is 9.72 Å². The van der Waals surface area contributed by atoms with E-state index in [4.69, 9.17) is 4.74 Å². The smallest absolute Gasteiger partial charge is 0.298 e. The largest absolute Gasteiger partial charge is 0.497 e. The van der Waals surface area contributed by atoms with E-state index in [1.54, 1.807) is 13.3 Å². The van der Waals surface area contributed by atoms with Crippen molar-refractivity contribution in [1.29, 1.82) is 0 Å². The number of nitrogens with zero attached hydrogens (tertiary/aromatic N) is 3. The van der Waals surface area contributed by atoms with E-state index in [1.807, 2.05) is 30.3 Å². The van der Waals surface area contributed by atoms with E-state index in [0.717, 1.165) is 22.2 Å². The molecule has 136 valence electrons. The highest BCUT2D eigenvalue weighted by Crippen LogP contribution is 2.25. The predicted octanol–water partition coefficient (Wildman–Crippen LogP) is 3.89. The van der Waals surface area contributed by atoms with E-state index in [-0.39, 0.29) is 5.56 Å². The van der Waals surface area contributed by atoms with Crippen LogP contribution in [0.25, 0.3) is 21.9 Å². The summed E-state index contributed by atoms with van der Waals surface area (Å²) in [5.74, 6) is 1.20. The molecule has 0 fully saturated rings. The first-order valence-corrected chi connectivity index (χ1v) is 8.78. The van der Waals surface area contributed by atoms with Crippen LogP contribution in [-0.2, 0) is 0 Å². The van der Waals surface area contributed by atoms with Crippen molar-refractivity contribution in [1.82, 2.24) is 14.6 Å². The third-order valence-electron chi connectivity index (χ3n) is 4.63. The Kier molecular flexibility index (Phi) is 4.24. The third kappa shape index (κ3) is 3.10. The maximum Gasteiger partial charge on any atom is 0.298 e. The van der Waals surface area contributed by atoms with Crippen LogP contribution in [0, 0.1) is 0 Å². The molecule has 0 atom stereocenters. The summed E-state index contributed by atoms with van der Waals surface area (Å²) < 4.78 is 6.50. The molecular formula is C21H20N4O2. The minimum Gasteiger partial charge on any atom is -0.497 e. The normalized spacial score (nSPS) is 11.9. The van der Waals surface area contributed by atoms with Crippen molar-refractivity contribution >= 4 is 28.2 Å². The van der Waals surface area contributed by atoms with Crippen LogP contribution in [0.2, 0.25) is 0 Å². The van der Waals surface area contributed by atoms with E-state index >= 15 is 0 Å². The summed E-state index contributed by atoms with van der Waals surface area (Å²) in [6.07, 6.45) is 3.10. The maximum atomic E-state index is 12.8. The number of hydrogen-bond donors (Lipinski definition) is 1. The number of methoxy groups -OCH3 is 1. The fourth-order valence-corrected chi connectivity index (χ4v) is 3.03. The number of rotatable bonds is 4. The van der Waals surface area contributed by atoms with Crippen LogP contribution < -0.4 is 10.3 Å². The van der Waals surface area contributed by atoms with Gasteiger partial charge in [0.2, 0.25) is 0 Å². The molecule has 0 saturated carbocycles. The Balaban J connectivity index is 1.73. The van der Waals surface area contributed by atoms with Crippen molar-refractivity contribution in [2.24, 2.45) is 5.10 Å². The second kappa shape index (κ2) is 6.72. The van der Waals surface area contributed by atoms with Gasteiger partial charge in [0.15, 0.2) is 0 Å². The van der Waals surface area contributed by atoms with Gasteiger partial charge in [0.25, 0.3) is 5.56 Å². The Bertz CT molecular complexity index is 1200. The summed E-state index contributed by atoms with van der Waals surface area (Å²) >= 11 is 0. The number of aromatic amines is 1. The van der Waals surface area contributed by atoms with Gasteiger partial charge in [-0.2, -0.15) is 9.78 Å². The summed E-state index contributed by atoms with van der Waals surface area (Å²) in [6.45, 7) is 4.30. The zero-order chi connectivity index (χ0) is 19.0. The summed E-state index contributed by atoms with van der Waals surface area (Å²) in [6, 6.07) is 13.7. The van der Waals surface area contributed by atoms with E-state index in [1.165, 1.54) is 16.6 Å². The molecular weight excluding hydrogens is 340 g/mol. The molecule has 2 heterocycles. The molecule has 0 aliphatic heterocycles. The molecule has 6 nitrogen and oxygen atoms in total. The van der Waals surface area contributed by atoms with Crippen molar-refractivity contribution in [3.63, 3.8) is 0 Å². The molecule has 0 bridgehead atoms. The van der Waals surface area contributed by atoms with Crippen molar-refractivity contribution in [3.8, 4) is 5.75 Å². The molecule has 0 saturated heterocycles. The quantitative estimate of drug-likeness (QED) is 0.561. The van der Waals surface area contributed by atoms with Gasteiger partial charge in [-0.1, -0.05) is 38.1 Å². The van der Waals surface area contributed by atoms with Crippen LogP contribution in [0.1, 0.15) is 30.9 Å². The third-order valence-corrected chi connectivity index (χ3v) is 4.63. The van der Waals surface area contributed by atoms with Gasteiger partial charge >= 0.3 is 0 Å². The van der Waals surface area contributed by atoms with Gasteiger partial charge in [-0.3, -0.25) is 4.79 Å². The van der Waals surface area contributed by atoms with E-state index in [2.05, 4.69) is 41.0 Å². The molecule has 2 aromatic carbocycles. The van der Waals surface area contributed by atoms with E-state index in [0.29, 0.717) is 17.0 Å². The van der Waals surface area contributed by atoms with Crippen LogP contribution >= 0.6 is 0 Å². The van der Waals surface area contributed by atoms with Crippen LogP contribution in [0.5, 0.6) is 5.75 Å². The average Bonchev–Trinajstić information content (AvgIpc) is 3.06. The molecule has 0 spiro atoms. The minimum absolute atomic E-state index is 0.245. The Hall–Kier alpha value is -3.41. The zero-order valence-electron chi connectivity index (χ0n) is 15.4. The number of fused-ring (bicyclic) bond motifs is 3. The molecule has 2 aromatic heterocycles. The van der Waals surface area contributed by atoms with Crippen molar-refractivity contribution in [2.45, 2.75) is 19.8 Å². The van der Waals surface area contributed by atoms with Crippen molar-refractivity contribution < 1.29 is 4.74 Å². The maximum absolute atomic E-state index is 12.8. The van der Waals surface area contributed by atoms with Crippen LogP contribution in [0.15, 0.2) is 58.7 Å². The van der Waals surface area contributed by atoms with Crippen LogP contribution in [0.3, 0.4) is 0 Å². The first-order chi connectivity index (χ1) is 13.1. The number of aromatic nitrogens is 3. The standard InChI is InChI=1S/C21H20N4O2/c1-13(2)15-6-4-14(5-7-15)11-23-25-12-22-19-17-10-16(27-3)8-9-18(17)24-20(19)21(25)26/h4-13,24H,1-3H3/b23-11-. The minimum atomic E-state index is -0.245. The Morgan fingerprint density at radius 2 is 1.96 bits per heavy atom. The van der Waals surface area contributed by atoms with Crippen molar-refractivity contribution in [2.75, 3.05) is 7.11 Å². The summed E-state index contributed by atoms with van der Waals surface area (Å²) in [5, 5.41) is 5.13. The number of ether oxygens (including phenoxy) is 1. The van der Waals surface area contributed by atoms with Gasteiger partial charge in [0, 0.05) is 10.9 Å². The lowest BCUT2D eigenvalue weighted by Gasteiger charge is -2.04. The first-order valence-electron chi connectivity index (χ1n) is 8.78. The zero-order valence-corrected chi connectivity index (χ0v) is 15.4. The molecule has 4 rings (SSSR count). The lowest BCUT2D eigenvalue weighted by molar-refractivity contribution is 0.415. The lowest BCUT2D eigenvalue weighted by Crippen LogP contribution is -2.17. The monoisotopic (exact) mass is 360 g/mol. The van der Waals surface area contributed by atoms with Gasteiger partial charge in [-0.25, -0.2) is 4.98 Å². The first kappa shape index (κ1) is 17.0. The highest BCUT2D eigenvalue weighted by molar-refractivity contribution is 6.04. The van der Waals surface area contributed by atoms with Gasteiger partial charge in [0.05, 0.1) is 13.3 Å². The van der Waals surface area contributed by atoms with Crippen molar-refractivity contribution in [3.05, 3.63) is 70.3 Å². The highest BCUT2D eigenvalue weighted by atomic mass is 16.5. The number of H-pyrrole nitrogens is 1. The van der Waals surface area contributed by atoms with E-state index < -0.39 is 0 Å². The average molecular weight is 360 g/mol. The van der Waals surface area contributed by atoms with Gasteiger partial charge in [0.1, 0.15) is 23.1 Å². The Morgan fingerprint density at radius 1 is 1.19 bits per heavy atom. The molecule has 27 heavy (non-hydrogen) atoms. The predicted molar refractivity (Wildman–Crippen MR) is 108 cm³/mol. The van der Waals surface area contributed by atoms with Crippen LogP contribution in [0.4, 0.5) is 0 Å². The molecule has 4 aromatic rings. The Labute approximate surface area is 156 Å².